The standard InChI is InChI=1S/C16H24N4O/c1-11-4-5-14-13(9-19-15(14)8-11)6-7-18-16(17)20-12(2)10-21-3/h4-5,8-9,12,19H,6-7,10H2,1-3H3,(H3,17,18,20). The highest BCUT2D eigenvalue weighted by atomic mass is 16.5. The Hall–Kier alpha value is -2.01. The first-order valence-electron chi connectivity index (χ1n) is 7.22. The van der Waals surface area contributed by atoms with Crippen molar-refractivity contribution in [1.82, 2.24) is 10.3 Å². The van der Waals surface area contributed by atoms with Crippen molar-refractivity contribution in [3.05, 3.63) is 35.5 Å². The first-order valence-corrected chi connectivity index (χ1v) is 7.22. The lowest BCUT2D eigenvalue weighted by Crippen LogP contribution is -2.40. The van der Waals surface area contributed by atoms with Crippen molar-refractivity contribution < 1.29 is 4.74 Å². The van der Waals surface area contributed by atoms with E-state index in [0.29, 0.717) is 19.1 Å². The van der Waals surface area contributed by atoms with Gasteiger partial charge in [0.25, 0.3) is 0 Å². The van der Waals surface area contributed by atoms with Gasteiger partial charge in [0, 0.05) is 36.8 Å². The van der Waals surface area contributed by atoms with Crippen LogP contribution in [-0.4, -0.2) is 37.2 Å². The number of methoxy groups -OCH3 is 1. The number of rotatable bonds is 6. The summed E-state index contributed by atoms with van der Waals surface area (Å²) >= 11 is 0. The van der Waals surface area contributed by atoms with Gasteiger partial charge in [-0.1, -0.05) is 12.1 Å². The zero-order chi connectivity index (χ0) is 15.2. The smallest absolute Gasteiger partial charge is 0.188 e. The van der Waals surface area contributed by atoms with Crippen molar-refractivity contribution in [2.24, 2.45) is 10.7 Å². The Morgan fingerprint density at radius 2 is 2.29 bits per heavy atom. The largest absolute Gasteiger partial charge is 0.383 e. The third-order valence-electron chi connectivity index (χ3n) is 3.40. The predicted molar refractivity (Wildman–Crippen MR) is 87.7 cm³/mol. The molecule has 1 heterocycles. The van der Waals surface area contributed by atoms with E-state index in [-0.39, 0.29) is 6.04 Å². The van der Waals surface area contributed by atoms with Gasteiger partial charge in [-0.05, 0) is 37.5 Å². The SMILES string of the molecule is COCC(C)NC(N)=NCCc1c[nH]c2cc(C)ccc12. The molecule has 2 aromatic rings. The van der Waals surface area contributed by atoms with Gasteiger partial charge in [0.1, 0.15) is 0 Å². The van der Waals surface area contributed by atoms with Crippen LogP contribution in [-0.2, 0) is 11.2 Å². The topological polar surface area (TPSA) is 75.4 Å². The fourth-order valence-electron chi connectivity index (χ4n) is 2.39. The van der Waals surface area contributed by atoms with Crippen molar-refractivity contribution in [3.63, 3.8) is 0 Å². The van der Waals surface area contributed by atoms with Gasteiger partial charge >= 0.3 is 0 Å². The Bertz CT molecular complexity index is 618. The summed E-state index contributed by atoms with van der Waals surface area (Å²) in [6.07, 6.45) is 2.92. The molecule has 0 aliphatic carbocycles. The number of H-pyrrole nitrogens is 1. The van der Waals surface area contributed by atoms with E-state index in [2.05, 4.69) is 46.6 Å². The lowest BCUT2D eigenvalue weighted by Gasteiger charge is -2.12. The minimum Gasteiger partial charge on any atom is -0.383 e. The molecular formula is C16H24N4O. The van der Waals surface area contributed by atoms with E-state index >= 15 is 0 Å². The summed E-state index contributed by atoms with van der Waals surface area (Å²) in [5.74, 6) is 0.468. The highest BCUT2D eigenvalue weighted by Gasteiger charge is 2.04. The molecule has 0 saturated heterocycles. The van der Waals surface area contributed by atoms with E-state index < -0.39 is 0 Å². The summed E-state index contributed by atoms with van der Waals surface area (Å²) in [6, 6.07) is 6.60. The fourth-order valence-corrected chi connectivity index (χ4v) is 2.39. The van der Waals surface area contributed by atoms with E-state index in [4.69, 9.17) is 10.5 Å². The van der Waals surface area contributed by atoms with E-state index in [1.54, 1.807) is 7.11 Å². The summed E-state index contributed by atoms with van der Waals surface area (Å²) < 4.78 is 5.05. The zero-order valence-corrected chi connectivity index (χ0v) is 12.9. The first-order chi connectivity index (χ1) is 10.1. The molecule has 0 spiro atoms. The van der Waals surface area contributed by atoms with Crippen LogP contribution in [0.15, 0.2) is 29.4 Å². The molecule has 5 nitrogen and oxygen atoms in total. The van der Waals surface area contributed by atoms with Crippen molar-refractivity contribution >= 4 is 16.9 Å². The van der Waals surface area contributed by atoms with Crippen LogP contribution < -0.4 is 11.1 Å². The molecule has 0 radical (unpaired) electrons. The number of fused-ring (bicyclic) bond motifs is 1. The van der Waals surface area contributed by atoms with Gasteiger partial charge in [-0.15, -0.1) is 0 Å². The molecule has 114 valence electrons. The van der Waals surface area contributed by atoms with Gasteiger partial charge in [0.15, 0.2) is 5.96 Å². The number of aromatic amines is 1. The Morgan fingerprint density at radius 3 is 3.05 bits per heavy atom. The van der Waals surface area contributed by atoms with Crippen molar-refractivity contribution in [2.75, 3.05) is 20.3 Å². The lowest BCUT2D eigenvalue weighted by atomic mass is 10.1. The van der Waals surface area contributed by atoms with Gasteiger partial charge < -0.3 is 20.8 Å². The molecule has 1 unspecified atom stereocenters. The second-order valence-corrected chi connectivity index (χ2v) is 5.38. The molecule has 1 aromatic heterocycles. The zero-order valence-electron chi connectivity index (χ0n) is 12.9. The number of nitrogens with zero attached hydrogens (tertiary/aromatic N) is 1. The van der Waals surface area contributed by atoms with Gasteiger partial charge in [0.05, 0.1) is 6.61 Å². The third-order valence-corrected chi connectivity index (χ3v) is 3.40. The van der Waals surface area contributed by atoms with Gasteiger partial charge in [-0.2, -0.15) is 0 Å². The Kier molecular flexibility index (Phi) is 5.22. The molecule has 2 rings (SSSR count). The Balaban J connectivity index is 1.92. The molecule has 0 amide bonds. The summed E-state index contributed by atoms with van der Waals surface area (Å²) in [6.45, 7) is 5.38. The molecule has 1 atom stereocenters. The van der Waals surface area contributed by atoms with E-state index in [1.165, 1.54) is 22.0 Å². The Morgan fingerprint density at radius 1 is 1.48 bits per heavy atom. The number of aryl methyl sites for hydroxylation is 1. The van der Waals surface area contributed by atoms with Crippen LogP contribution in [0.5, 0.6) is 0 Å². The Labute approximate surface area is 125 Å². The number of ether oxygens (including phenoxy) is 1. The highest BCUT2D eigenvalue weighted by molar-refractivity contribution is 5.84. The average Bonchev–Trinajstić information content (AvgIpc) is 2.81. The van der Waals surface area contributed by atoms with Crippen LogP contribution in [0.3, 0.4) is 0 Å². The number of nitrogens with one attached hydrogen (secondary N) is 2. The number of guanidine groups is 1. The maximum absolute atomic E-state index is 5.85. The maximum atomic E-state index is 5.85. The van der Waals surface area contributed by atoms with Crippen LogP contribution in [0.1, 0.15) is 18.1 Å². The molecule has 4 N–H and O–H groups in total. The molecule has 0 fully saturated rings. The first kappa shape index (κ1) is 15.4. The van der Waals surface area contributed by atoms with Crippen LogP contribution in [0.2, 0.25) is 0 Å². The number of hydrogen-bond donors (Lipinski definition) is 3. The second-order valence-electron chi connectivity index (χ2n) is 5.38. The van der Waals surface area contributed by atoms with Gasteiger partial charge in [0.2, 0.25) is 0 Å². The number of benzene rings is 1. The van der Waals surface area contributed by atoms with Gasteiger partial charge in [-0.25, -0.2) is 0 Å². The van der Waals surface area contributed by atoms with Crippen LogP contribution >= 0.6 is 0 Å². The fraction of sp³-hybridized carbons (Fsp3) is 0.438. The number of nitrogens with two attached hydrogens (primary N) is 1. The molecule has 1 aromatic carbocycles. The summed E-state index contributed by atoms with van der Waals surface area (Å²) in [5.41, 5.74) is 9.56. The summed E-state index contributed by atoms with van der Waals surface area (Å²) in [7, 11) is 1.67. The quantitative estimate of drug-likeness (QED) is 0.562. The highest BCUT2D eigenvalue weighted by Crippen LogP contribution is 2.19. The van der Waals surface area contributed by atoms with Crippen molar-refractivity contribution in [1.29, 1.82) is 0 Å². The average molecular weight is 288 g/mol. The van der Waals surface area contributed by atoms with Crippen molar-refractivity contribution in [3.8, 4) is 0 Å². The van der Waals surface area contributed by atoms with E-state index in [1.807, 2.05) is 6.92 Å². The molecule has 0 aliphatic heterocycles. The molecule has 21 heavy (non-hydrogen) atoms. The number of aromatic nitrogens is 1. The molecule has 0 bridgehead atoms. The third kappa shape index (κ3) is 4.23. The van der Waals surface area contributed by atoms with Gasteiger partial charge in [-0.3, -0.25) is 4.99 Å². The lowest BCUT2D eigenvalue weighted by molar-refractivity contribution is 0.179. The second kappa shape index (κ2) is 7.13. The normalized spacial score (nSPS) is 13.6. The predicted octanol–water partition coefficient (Wildman–Crippen LogP) is 1.96. The monoisotopic (exact) mass is 288 g/mol. The summed E-state index contributed by atoms with van der Waals surface area (Å²) in [4.78, 5) is 7.66. The van der Waals surface area contributed by atoms with Crippen LogP contribution in [0, 0.1) is 6.92 Å². The van der Waals surface area contributed by atoms with Crippen LogP contribution in [0.4, 0.5) is 0 Å². The number of aliphatic imine (C=N–C) groups is 1. The minimum atomic E-state index is 0.162. The summed E-state index contributed by atoms with van der Waals surface area (Å²) in [5, 5.41) is 4.36. The van der Waals surface area contributed by atoms with Crippen LogP contribution in [0.25, 0.3) is 10.9 Å². The number of hydrogen-bond acceptors (Lipinski definition) is 2. The molecular weight excluding hydrogens is 264 g/mol. The molecule has 0 saturated carbocycles. The minimum absolute atomic E-state index is 0.162. The van der Waals surface area contributed by atoms with E-state index in [0.717, 1.165) is 6.42 Å². The van der Waals surface area contributed by atoms with E-state index in [9.17, 15) is 0 Å². The molecule has 5 heteroatoms. The van der Waals surface area contributed by atoms with Crippen molar-refractivity contribution in [2.45, 2.75) is 26.3 Å². The molecule has 0 aliphatic rings. The maximum Gasteiger partial charge on any atom is 0.188 e.